The minimum atomic E-state index is -0.165. The van der Waals surface area contributed by atoms with Crippen molar-refractivity contribution in [2.24, 2.45) is 0 Å². The Balaban J connectivity index is 1.98. The number of hydrogen-bond acceptors (Lipinski definition) is 4. The van der Waals surface area contributed by atoms with Gasteiger partial charge in [0.25, 0.3) is 0 Å². The molecule has 0 saturated carbocycles. The molecule has 0 spiro atoms. The van der Waals surface area contributed by atoms with Gasteiger partial charge in [-0.1, -0.05) is 6.92 Å². The highest BCUT2D eigenvalue weighted by Gasteiger charge is 2.32. The van der Waals surface area contributed by atoms with Crippen LogP contribution in [0.2, 0.25) is 0 Å². The lowest BCUT2D eigenvalue weighted by molar-refractivity contribution is -0.126. The zero-order valence-corrected chi connectivity index (χ0v) is 13.0. The predicted molar refractivity (Wildman–Crippen MR) is 79.1 cm³/mol. The van der Waals surface area contributed by atoms with Crippen LogP contribution in [0, 0.1) is 0 Å². The van der Waals surface area contributed by atoms with Crippen LogP contribution in [-0.4, -0.2) is 42.0 Å². The van der Waals surface area contributed by atoms with Crippen molar-refractivity contribution in [3.05, 3.63) is 21.9 Å². The van der Waals surface area contributed by atoms with E-state index in [4.69, 9.17) is 4.74 Å². The van der Waals surface area contributed by atoms with E-state index in [9.17, 15) is 4.79 Å². The van der Waals surface area contributed by atoms with E-state index in [1.807, 2.05) is 6.07 Å². The van der Waals surface area contributed by atoms with E-state index in [2.05, 4.69) is 38.7 Å². The van der Waals surface area contributed by atoms with E-state index < -0.39 is 0 Å². The minimum absolute atomic E-state index is 0.165. The number of rotatable bonds is 4. The number of hydrogen-bond donors (Lipinski definition) is 0. The highest BCUT2D eigenvalue weighted by Crippen LogP contribution is 2.22. The summed E-state index contributed by atoms with van der Waals surface area (Å²) >= 11 is 1.62. The first-order chi connectivity index (χ1) is 8.89. The summed E-state index contributed by atoms with van der Waals surface area (Å²) in [4.78, 5) is 16.7. The van der Waals surface area contributed by atoms with Gasteiger partial charge < -0.3 is 4.74 Å². The smallest absolute Gasteiger partial charge is 0.186 e. The Morgan fingerprint density at radius 2 is 2.26 bits per heavy atom. The van der Waals surface area contributed by atoms with Gasteiger partial charge in [-0.2, -0.15) is 0 Å². The number of ether oxygens (including phenoxy) is 1. The van der Waals surface area contributed by atoms with Crippen molar-refractivity contribution >= 4 is 17.1 Å². The third-order valence-corrected chi connectivity index (χ3v) is 4.56. The van der Waals surface area contributed by atoms with Crippen LogP contribution in [0.4, 0.5) is 0 Å². The quantitative estimate of drug-likeness (QED) is 0.795. The van der Waals surface area contributed by atoms with Crippen LogP contribution in [0.25, 0.3) is 0 Å². The van der Waals surface area contributed by atoms with Gasteiger partial charge in [0, 0.05) is 18.0 Å². The van der Waals surface area contributed by atoms with Gasteiger partial charge >= 0.3 is 0 Å². The van der Waals surface area contributed by atoms with Gasteiger partial charge in [-0.25, -0.2) is 0 Å². The highest BCUT2D eigenvalue weighted by molar-refractivity contribution is 7.14. The number of Topliss-reactive ketones (excluding diaryl/α,β-unsaturated/α-hetero) is 1. The van der Waals surface area contributed by atoms with Gasteiger partial charge in [0.05, 0.1) is 23.1 Å². The molecule has 4 heteroatoms. The maximum Gasteiger partial charge on any atom is 0.186 e. The summed E-state index contributed by atoms with van der Waals surface area (Å²) in [5, 5.41) is 0. The third-order valence-electron chi connectivity index (χ3n) is 3.29. The topological polar surface area (TPSA) is 29.5 Å². The van der Waals surface area contributed by atoms with E-state index in [1.54, 1.807) is 11.3 Å². The molecule has 1 aliphatic rings. The van der Waals surface area contributed by atoms with Crippen LogP contribution in [0.15, 0.2) is 12.1 Å². The van der Waals surface area contributed by atoms with Crippen LogP contribution >= 0.6 is 11.3 Å². The van der Waals surface area contributed by atoms with Gasteiger partial charge in [-0.15, -0.1) is 11.3 Å². The van der Waals surface area contributed by atoms with E-state index in [1.165, 1.54) is 4.88 Å². The summed E-state index contributed by atoms with van der Waals surface area (Å²) < 4.78 is 5.86. The molecular formula is C15H23NO2S. The lowest BCUT2D eigenvalue weighted by Crippen LogP contribution is -2.52. The summed E-state index contributed by atoms with van der Waals surface area (Å²) in [6, 6.07) is 4.02. The second kappa shape index (κ2) is 5.73. The van der Waals surface area contributed by atoms with Gasteiger partial charge in [-0.05, 0) is 39.3 Å². The molecule has 19 heavy (non-hydrogen) atoms. The molecule has 0 aliphatic carbocycles. The van der Waals surface area contributed by atoms with Gasteiger partial charge in [0.1, 0.15) is 0 Å². The highest BCUT2D eigenvalue weighted by atomic mass is 32.1. The molecule has 3 nitrogen and oxygen atoms in total. The lowest BCUT2D eigenvalue weighted by Gasteiger charge is -2.41. The summed E-state index contributed by atoms with van der Waals surface area (Å²) in [7, 11) is 0. The second-order valence-corrected chi connectivity index (χ2v) is 7.07. The zero-order chi connectivity index (χ0) is 14.0. The van der Waals surface area contributed by atoms with Crippen molar-refractivity contribution in [2.75, 3.05) is 19.6 Å². The number of ketones is 1. The number of morpholine rings is 1. The van der Waals surface area contributed by atoms with Crippen LogP contribution in [-0.2, 0) is 11.2 Å². The Kier molecular flexibility index (Phi) is 4.43. The number of aryl methyl sites for hydroxylation is 1. The molecule has 0 aromatic carbocycles. The first-order valence-corrected chi connectivity index (χ1v) is 7.73. The molecule has 0 amide bonds. The Morgan fingerprint density at radius 3 is 2.84 bits per heavy atom. The number of thiophene rings is 1. The van der Waals surface area contributed by atoms with Crippen molar-refractivity contribution in [2.45, 2.75) is 45.8 Å². The van der Waals surface area contributed by atoms with E-state index >= 15 is 0 Å². The largest absolute Gasteiger partial charge is 0.370 e. The molecule has 106 valence electrons. The molecule has 1 aromatic heterocycles. The molecular weight excluding hydrogens is 258 g/mol. The van der Waals surface area contributed by atoms with Crippen molar-refractivity contribution in [3.8, 4) is 0 Å². The van der Waals surface area contributed by atoms with Crippen LogP contribution in [0.5, 0.6) is 0 Å². The van der Waals surface area contributed by atoms with Crippen LogP contribution in [0.1, 0.15) is 42.2 Å². The summed E-state index contributed by atoms with van der Waals surface area (Å²) in [6.07, 6.45) is 1.19. The Hall–Kier alpha value is -0.710. The average molecular weight is 281 g/mol. The fourth-order valence-corrected chi connectivity index (χ4v) is 3.58. The second-order valence-electron chi connectivity index (χ2n) is 5.90. The van der Waals surface area contributed by atoms with E-state index in [0.29, 0.717) is 6.54 Å². The fourth-order valence-electron chi connectivity index (χ4n) is 2.71. The maximum absolute atomic E-state index is 12.3. The number of carbonyl (C=O) groups is 1. The average Bonchev–Trinajstić information content (AvgIpc) is 2.74. The summed E-state index contributed by atoms with van der Waals surface area (Å²) in [5.74, 6) is 0.231. The molecule has 1 saturated heterocycles. The molecule has 2 heterocycles. The molecule has 1 fully saturated rings. The van der Waals surface area contributed by atoms with Crippen molar-refractivity contribution < 1.29 is 9.53 Å². The standard InChI is InChI=1S/C15H23NO2S/c1-5-12-6-7-14(19-12)13(17)9-16-8-11(2)18-15(3,4)10-16/h6-7,11H,5,8-10H2,1-4H3. The van der Waals surface area contributed by atoms with E-state index in [-0.39, 0.29) is 17.5 Å². The molecule has 0 radical (unpaired) electrons. The Labute approximate surface area is 119 Å². The Bertz CT molecular complexity index is 453. The van der Waals surface area contributed by atoms with E-state index in [0.717, 1.165) is 24.4 Å². The third kappa shape index (κ3) is 3.88. The maximum atomic E-state index is 12.3. The van der Waals surface area contributed by atoms with Gasteiger partial charge in [0.15, 0.2) is 5.78 Å². The van der Waals surface area contributed by atoms with Gasteiger partial charge in [0.2, 0.25) is 0 Å². The SMILES string of the molecule is CCc1ccc(C(=O)CN2CC(C)OC(C)(C)C2)s1. The normalized spacial score (nSPS) is 23.5. The number of carbonyl (C=O) groups excluding carboxylic acids is 1. The fraction of sp³-hybridized carbons (Fsp3) is 0.667. The Morgan fingerprint density at radius 1 is 1.53 bits per heavy atom. The van der Waals surface area contributed by atoms with Crippen molar-refractivity contribution in [1.82, 2.24) is 4.90 Å². The summed E-state index contributed by atoms with van der Waals surface area (Å²) in [5.41, 5.74) is -0.165. The minimum Gasteiger partial charge on any atom is -0.370 e. The lowest BCUT2D eigenvalue weighted by atomic mass is 10.1. The molecule has 2 rings (SSSR count). The zero-order valence-electron chi connectivity index (χ0n) is 12.2. The van der Waals surface area contributed by atoms with Crippen molar-refractivity contribution in [1.29, 1.82) is 0 Å². The molecule has 1 unspecified atom stereocenters. The predicted octanol–water partition coefficient (Wildman–Crippen LogP) is 2.99. The molecule has 0 bridgehead atoms. The van der Waals surface area contributed by atoms with Crippen molar-refractivity contribution in [3.63, 3.8) is 0 Å². The first-order valence-electron chi connectivity index (χ1n) is 6.91. The summed E-state index contributed by atoms with van der Waals surface area (Å²) in [6.45, 7) is 10.5. The molecule has 0 N–H and O–H groups in total. The first kappa shape index (κ1) is 14.7. The molecule has 1 aromatic rings. The van der Waals surface area contributed by atoms with Crippen LogP contribution < -0.4 is 0 Å². The molecule has 1 aliphatic heterocycles. The molecule has 1 atom stereocenters. The monoisotopic (exact) mass is 281 g/mol. The van der Waals surface area contributed by atoms with Gasteiger partial charge in [-0.3, -0.25) is 9.69 Å². The van der Waals surface area contributed by atoms with Crippen LogP contribution in [0.3, 0.4) is 0 Å². The number of nitrogens with zero attached hydrogens (tertiary/aromatic N) is 1.